The molecule has 0 aliphatic carbocycles. The molecule has 1 atom stereocenters. The second-order valence-corrected chi connectivity index (χ2v) is 9.32. The molecule has 0 spiro atoms. The van der Waals surface area contributed by atoms with E-state index in [1.807, 2.05) is 19.1 Å². The van der Waals surface area contributed by atoms with E-state index < -0.39 is 18.1 Å². The second-order valence-electron chi connectivity index (χ2n) is 8.47. The lowest BCUT2D eigenvalue weighted by Gasteiger charge is -2.17. The summed E-state index contributed by atoms with van der Waals surface area (Å²) in [5.41, 5.74) is 2.81. The third-order valence-corrected chi connectivity index (χ3v) is 5.85. The van der Waals surface area contributed by atoms with Crippen LogP contribution in [0.1, 0.15) is 30.9 Å². The molecule has 0 fully saturated rings. The van der Waals surface area contributed by atoms with Crippen LogP contribution in [-0.4, -0.2) is 40.6 Å². The Morgan fingerprint density at radius 1 is 0.974 bits per heavy atom. The summed E-state index contributed by atoms with van der Waals surface area (Å²) in [6.07, 6.45) is 1.02. The number of carbonyl (C=O) groups excluding carboxylic acids is 2. The first-order valence-electron chi connectivity index (χ1n) is 12.2. The lowest BCUT2D eigenvalue weighted by atomic mass is 10.2. The number of benzene rings is 2. The number of rotatable bonds is 13. The van der Waals surface area contributed by atoms with Gasteiger partial charge in [0.1, 0.15) is 5.02 Å². The monoisotopic (exact) mass is 573 g/mol. The zero-order valence-corrected chi connectivity index (χ0v) is 22.7. The van der Waals surface area contributed by atoms with Gasteiger partial charge in [-0.2, -0.15) is 0 Å². The SMILES string of the molecule is CCC(Oc1ncc(Cl)cc1Cl)C(=O)NCc1cccc(NC(=O)Nc2cccc(CNCCC(=O)O)c2)c1. The van der Waals surface area contributed by atoms with Gasteiger partial charge in [0.15, 0.2) is 6.10 Å². The quantitative estimate of drug-likeness (QED) is 0.180. The predicted octanol–water partition coefficient (Wildman–Crippen LogP) is 5.07. The number of amides is 3. The van der Waals surface area contributed by atoms with Crippen LogP contribution >= 0.6 is 23.2 Å². The highest BCUT2D eigenvalue weighted by Crippen LogP contribution is 2.26. The minimum absolute atomic E-state index is 0.0335. The van der Waals surface area contributed by atoms with Gasteiger partial charge in [-0.15, -0.1) is 0 Å². The van der Waals surface area contributed by atoms with Crippen LogP contribution in [-0.2, 0) is 22.7 Å². The average Bonchev–Trinajstić information content (AvgIpc) is 2.89. The van der Waals surface area contributed by atoms with E-state index in [4.69, 9.17) is 33.0 Å². The van der Waals surface area contributed by atoms with Crippen LogP contribution in [0.25, 0.3) is 0 Å². The van der Waals surface area contributed by atoms with Crippen molar-refractivity contribution >= 4 is 52.5 Å². The van der Waals surface area contributed by atoms with Crippen LogP contribution in [0.15, 0.2) is 60.8 Å². The molecule has 3 amide bonds. The molecule has 12 heteroatoms. The molecule has 3 rings (SSSR count). The number of carboxylic acid groups (broad SMARTS) is 1. The van der Waals surface area contributed by atoms with Crippen LogP contribution in [0, 0.1) is 0 Å². The fourth-order valence-corrected chi connectivity index (χ4v) is 3.91. The zero-order valence-electron chi connectivity index (χ0n) is 21.2. The third-order valence-electron chi connectivity index (χ3n) is 5.37. The molecule has 2 aromatic carbocycles. The van der Waals surface area contributed by atoms with E-state index >= 15 is 0 Å². The van der Waals surface area contributed by atoms with Crippen molar-refractivity contribution in [2.75, 3.05) is 17.2 Å². The van der Waals surface area contributed by atoms with Gasteiger partial charge >= 0.3 is 12.0 Å². The molecule has 0 aliphatic rings. The van der Waals surface area contributed by atoms with Crippen molar-refractivity contribution in [1.29, 1.82) is 0 Å². The number of nitrogens with zero attached hydrogens (tertiary/aromatic N) is 1. The number of urea groups is 1. The molecule has 0 saturated heterocycles. The van der Waals surface area contributed by atoms with Crippen molar-refractivity contribution in [2.24, 2.45) is 0 Å². The van der Waals surface area contributed by atoms with Crippen molar-refractivity contribution in [2.45, 2.75) is 39.0 Å². The standard InChI is InChI=1S/C27H29Cl2N5O5/c1-2-23(39-26-22(29)13-19(28)16-32-26)25(37)31-15-18-6-4-8-21(12-18)34-27(38)33-20-7-3-5-17(11-20)14-30-10-9-24(35)36/h3-8,11-13,16,23,30H,2,9-10,14-15H2,1H3,(H,31,37)(H,35,36)(H2,33,34,38). The smallest absolute Gasteiger partial charge is 0.323 e. The van der Waals surface area contributed by atoms with E-state index in [0.29, 0.717) is 35.9 Å². The summed E-state index contributed by atoms with van der Waals surface area (Å²) >= 11 is 12.0. The summed E-state index contributed by atoms with van der Waals surface area (Å²) in [6, 6.07) is 15.4. The van der Waals surface area contributed by atoms with Crippen LogP contribution in [0.5, 0.6) is 5.88 Å². The largest absolute Gasteiger partial charge is 0.481 e. The number of carbonyl (C=O) groups is 3. The summed E-state index contributed by atoms with van der Waals surface area (Å²) < 4.78 is 5.67. The number of anilines is 2. The number of ether oxygens (including phenoxy) is 1. The number of aromatic nitrogens is 1. The van der Waals surface area contributed by atoms with Crippen molar-refractivity contribution in [3.05, 3.63) is 82.0 Å². The molecule has 0 radical (unpaired) electrons. The first-order chi connectivity index (χ1) is 18.7. The number of aliphatic carboxylic acids is 1. The molecule has 39 heavy (non-hydrogen) atoms. The Morgan fingerprint density at radius 3 is 2.21 bits per heavy atom. The van der Waals surface area contributed by atoms with Crippen molar-refractivity contribution in [3.63, 3.8) is 0 Å². The Bertz CT molecular complexity index is 1310. The van der Waals surface area contributed by atoms with Crippen LogP contribution in [0.2, 0.25) is 10.0 Å². The maximum atomic E-state index is 12.7. The fourth-order valence-electron chi connectivity index (χ4n) is 3.49. The molecule has 0 bridgehead atoms. The lowest BCUT2D eigenvalue weighted by molar-refractivity contribution is -0.136. The van der Waals surface area contributed by atoms with E-state index in [2.05, 4.69) is 26.3 Å². The van der Waals surface area contributed by atoms with E-state index in [1.165, 1.54) is 12.3 Å². The van der Waals surface area contributed by atoms with Gasteiger partial charge in [0, 0.05) is 37.2 Å². The van der Waals surface area contributed by atoms with E-state index in [-0.39, 0.29) is 29.8 Å². The van der Waals surface area contributed by atoms with Crippen LogP contribution in [0.4, 0.5) is 16.2 Å². The normalized spacial score (nSPS) is 11.4. The van der Waals surface area contributed by atoms with E-state index in [9.17, 15) is 14.4 Å². The summed E-state index contributed by atoms with van der Waals surface area (Å²) in [7, 11) is 0. The molecule has 3 aromatic rings. The molecule has 1 heterocycles. The summed E-state index contributed by atoms with van der Waals surface area (Å²) in [6.45, 7) is 2.85. The Labute approximate surface area is 236 Å². The Morgan fingerprint density at radius 2 is 1.62 bits per heavy atom. The van der Waals surface area contributed by atoms with E-state index in [1.54, 1.807) is 36.4 Å². The molecule has 206 valence electrons. The number of hydrogen-bond donors (Lipinski definition) is 5. The highest BCUT2D eigenvalue weighted by atomic mass is 35.5. The number of pyridine rings is 1. The van der Waals surface area contributed by atoms with Gasteiger partial charge in [0.05, 0.1) is 11.4 Å². The highest BCUT2D eigenvalue weighted by molar-refractivity contribution is 6.35. The third kappa shape index (κ3) is 10.1. The zero-order chi connectivity index (χ0) is 28.2. The Kier molecular flexibility index (Phi) is 11.4. The van der Waals surface area contributed by atoms with Gasteiger partial charge in [-0.1, -0.05) is 54.4 Å². The first kappa shape index (κ1) is 29.7. The molecule has 0 saturated carbocycles. The molecular formula is C27H29Cl2N5O5. The predicted molar refractivity (Wildman–Crippen MR) is 150 cm³/mol. The molecule has 10 nitrogen and oxygen atoms in total. The topological polar surface area (TPSA) is 142 Å². The molecule has 1 unspecified atom stereocenters. The van der Waals surface area contributed by atoms with Crippen molar-refractivity contribution < 1.29 is 24.2 Å². The molecule has 1 aromatic heterocycles. The minimum atomic E-state index is -0.864. The van der Waals surface area contributed by atoms with Gasteiger partial charge in [0.25, 0.3) is 5.91 Å². The number of nitrogens with one attached hydrogen (secondary N) is 4. The lowest BCUT2D eigenvalue weighted by Crippen LogP contribution is -2.37. The molecule has 0 aliphatic heterocycles. The van der Waals surface area contributed by atoms with Gasteiger partial charge < -0.3 is 31.1 Å². The summed E-state index contributed by atoms with van der Waals surface area (Å²) in [5.74, 6) is -1.07. The number of halogens is 2. The highest BCUT2D eigenvalue weighted by Gasteiger charge is 2.20. The van der Waals surface area contributed by atoms with Crippen molar-refractivity contribution in [3.8, 4) is 5.88 Å². The molecular weight excluding hydrogens is 545 g/mol. The molecule has 5 N–H and O–H groups in total. The van der Waals surface area contributed by atoms with Gasteiger partial charge in [-0.05, 0) is 47.9 Å². The van der Waals surface area contributed by atoms with Crippen LogP contribution < -0.4 is 26.0 Å². The first-order valence-corrected chi connectivity index (χ1v) is 12.9. The van der Waals surface area contributed by atoms with Crippen LogP contribution in [0.3, 0.4) is 0 Å². The fraction of sp³-hybridized carbons (Fsp3) is 0.259. The van der Waals surface area contributed by atoms with Gasteiger partial charge in [-0.25, -0.2) is 9.78 Å². The summed E-state index contributed by atoms with van der Waals surface area (Å²) in [5, 5.41) is 20.7. The Balaban J connectivity index is 1.50. The maximum absolute atomic E-state index is 12.7. The van der Waals surface area contributed by atoms with E-state index in [0.717, 1.165) is 11.1 Å². The summed E-state index contributed by atoms with van der Waals surface area (Å²) in [4.78, 5) is 39.9. The Hall–Kier alpha value is -3.86. The van der Waals surface area contributed by atoms with Crippen molar-refractivity contribution in [1.82, 2.24) is 15.6 Å². The minimum Gasteiger partial charge on any atom is -0.481 e. The average molecular weight is 574 g/mol. The number of carboxylic acids is 1. The maximum Gasteiger partial charge on any atom is 0.323 e. The van der Waals surface area contributed by atoms with Gasteiger partial charge in [-0.3, -0.25) is 9.59 Å². The van der Waals surface area contributed by atoms with Gasteiger partial charge in [0.2, 0.25) is 5.88 Å². The number of hydrogen-bond acceptors (Lipinski definition) is 6. The second kappa shape index (κ2) is 14.9.